The molecule has 0 saturated carbocycles. The van der Waals surface area contributed by atoms with Gasteiger partial charge in [-0.1, -0.05) is 12.1 Å². The molecule has 3 aromatic rings. The number of imidazole rings is 1. The molecule has 0 fully saturated rings. The van der Waals surface area contributed by atoms with Gasteiger partial charge < -0.3 is 14.9 Å². The number of carbonyl (C=O) groups excluding carboxylic acids is 1. The van der Waals surface area contributed by atoms with Crippen molar-refractivity contribution in [3.8, 4) is 0 Å². The molecule has 2 heterocycles. The number of carbonyl (C=O) groups is 1. The highest BCUT2D eigenvalue weighted by molar-refractivity contribution is 5.78. The molecule has 2 aromatic heterocycles. The number of hydrogen-bond acceptors (Lipinski definition) is 4. The number of amides is 1. The molecule has 0 spiro atoms. The van der Waals surface area contributed by atoms with Crippen LogP contribution in [0.1, 0.15) is 29.3 Å². The maximum Gasteiger partial charge on any atom is 0.254 e. The number of benzene rings is 1. The van der Waals surface area contributed by atoms with Crippen LogP contribution in [0.15, 0.2) is 29.1 Å². The lowest BCUT2D eigenvalue weighted by molar-refractivity contribution is -0.120. The fourth-order valence-corrected chi connectivity index (χ4v) is 3.08. The van der Waals surface area contributed by atoms with E-state index in [0.717, 1.165) is 29.7 Å². The van der Waals surface area contributed by atoms with Gasteiger partial charge in [0.05, 0.1) is 17.5 Å². The number of hydrogen-bond donors (Lipinski definition) is 2. The normalized spacial score (nSPS) is 11.0. The van der Waals surface area contributed by atoms with Gasteiger partial charge in [0.1, 0.15) is 11.6 Å². The molecular formula is C19H23N5O2. The Bertz CT molecular complexity index is 1000. The zero-order valence-electron chi connectivity index (χ0n) is 15.3. The number of H-pyrrole nitrogens is 1. The second-order valence-corrected chi connectivity index (χ2v) is 6.42. The summed E-state index contributed by atoms with van der Waals surface area (Å²) in [7, 11) is 2.00. The Hall–Kier alpha value is -2.96. The van der Waals surface area contributed by atoms with Gasteiger partial charge in [0.15, 0.2) is 0 Å². The van der Waals surface area contributed by atoms with Crippen LogP contribution < -0.4 is 10.9 Å². The predicted molar refractivity (Wildman–Crippen MR) is 100 cm³/mol. The number of para-hydroxylation sites is 2. The molecule has 3 rings (SSSR count). The molecule has 7 nitrogen and oxygen atoms in total. The van der Waals surface area contributed by atoms with Gasteiger partial charge in [-0.15, -0.1) is 0 Å². The second-order valence-electron chi connectivity index (χ2n) is 6.42. The van der Waals surface area contributed by atoms with Crippen LogP contribution in [0.3, 0.4) is 0 Å². The van der Waals surface area contributed by atoms with E-state index in [0.29, 0.717) is 23.6 Å². The van der Waals surface area contributed by atoms with E-state index in [2.05, 4.69) is 24.8 Å². The Morgan fingerprint density at radius 3 is 2.73 bits per heavy atom. The third kappa shape index (κ3) is 3.82. The third-order valence-corrected chi connectivity index (χ3v) is 4.46. The minimum absolute atomic E-state index is 0.0424. The first-order valence-corrected chi connectivity index (χ1v) is 8.69. The molecule has 1 aromatic carbocycles. The number of nitrogens with zero attached hydrogens (tertiary/aromatic N) is 3. The summed E-state index contributed by atoms with van der Waals surface area (Å²) in [5.41, 5.74) is 2.86. The molecule has 0 unspecified atom stereocenters. The SMILES string of the molecule is Cc1nc(C)c(CC(=O)NCCCc2nc3ccccc3n2C)c(=O)[nH]1. The quantitative estimate of drug-likeness (QED) is 0.658. The number of aromatic nitrogens is 4. The zero-order valence-corrected chi connectivity index (χ0v) is 15.3. The monoisotopic (exact) mass is 353 g/mol. The summed E-state index contributed by atoms with van der Waals surface area (Å²) >= 11 is 0. The van der Waals surface area contributed by atoms with Crippen molar-refractivity contribution in [1.29, 1.82) is 0 Å². The van der Waals surface area contributed by atoms with Crippen LogP contribution >= 0.6 is 0 Å². The Labute approximate surface area is 151 Å². The van der Waals surface area contributed by atoms with E-state index < -0.39 is 0 Å². The van der Waals surface area contributed by atoms with Gasteiger partial charge >= 0.3 is 0 Å². The van der Waals surface area contributed by atoms with Gasteiger partial charge in [-0.3, -0.25) is 9.59 Å². The highest BCUT2D eigenvalue weighted by atomic mass is 16.2. The topological polar surface area (TPSA) is 92.7 Å². The van der Waals surface area contributed by atoms with Gasteiger partial charge in [-0.25, -0.2) is 9.97 Å². The average Bonchev–Trinajstić information content (AvgIpc) is 2.91. The molecule has 26 heavy (non-hydrogen) atoms. The minimum Gasteiger partial charge on any atom is -0.356 e. The molecule has 1 amide bonds. The summed E-state index contributed by atoms with van der Waals surface area (Å²) in [5, 5.41) is 2.87. The van der Waals surface area contributed by atoms with Gasteiger partial charge in [0.2, 0.25) is 5.91 Å². The van der Waals surface area contributed by atoms with Crippen LogP contribution in [0.25, 0.3) is 11.0 Å². The van der Waals surface area contributed by atoms with E-state index in [4.69, 9.17) is 0 Å². The standard InChI is InChI=1S/C19H23N5O2/c1-12-14(19(26)22-13(2)21-12)11-18(25)20-10-6-9-17-23-15-7-4-5-8-16(15)24(17)3/h4-5,7-8H,6,9-11H2,1-3H3,(H,20,25)(H,21,22,26). The highest BCUT2D eigenvalue weighted by Gasteiger charge is 2.12. The van der Waals surface area contributed by atoms with Gasteiger partial charge in [0, 0.05) is 31.3 Å². The summed E-state index contributed by atoms with van der Waals surface area (Å²) in [6.45, 7) is 4.01. The first-order chi connectivity index (χ1) is 12.5. The second kappa shape index (κ2) is 7.51. The van der Waals surface area contributed by atoms with Gasteiger partial charge in [0.25, 0.3) is 5.56 Å². The average molecular weight is 353 g/mol. The molecule has 2 N–H and O–H groups in total. The van der Waals surface area contributed by atoms with Crippen LogP contribution in [-0.4, -0.2) is 32.0 Å². The van der Waals surface area contributed by atoms with Crippen LogP contribution in [0.4, 0.5) is 0 Å². The molecule has 136 valence electrons. The number of nitrogens with one attached hydrogen (secondary N) is 2. The van der Waals surface area contributed by atoms with E-state index in [-0.39, 0.29) is 17.9 Å². The van der Waals surface area contributed by atoms with Crippen LogP contribution in [0, 0.1) is 13.8 Å². The number of rotatable bonds is 6. The highest BCUT2D eigenvalue weighted by Crippen LogP contribution is 2.15. The van der Waals surface area contributed by atoms with Crippen molar-refractivity contribution in [2.45, 2.75) is 33.1 Å². The van der Waals surface area contributed by atoms with Crippen molar-refractivity contribution in [1.82, 2.24) is 24.8 Å². The van der Waals surface area contributed by atoms with Crippen LogP contribution in [0.2, 0.25) is 0 Å². The third-order valence-electron chi connectivity index (χ3n) is 4.46. The lowest BCUT2D eigenvalue weighted by Crippen LogP contribution is -2.30. The maximum absolute atomic E-state index is 12.1. The van der Waals surface area contributed by atoms with E-state index in [1.54, 1.807) is 13.8 Å². The predicted octanol–water partition coefficient (Wildman–Crippen LogP) is 1.56. The van der Waals surface area contributed by atoms with Crippen molar-refractivity contribution in [2.75, 3.05) is 6.54 Å². The molecule has 7 heteroatoms. The zero-order chi connectivity index (χ0) is 18.7. The molecule has 0 radical (unpaired) electrons. The smallest absolute Gasteiger partial charge is 0.254 e. The lowest BCUT2D eigenvalue weighted by Gasteiger charge is -2.07. The fourth-order valence-electron chi connectivity index (χ4n) is 3.08. The number of aromatic amines is 1. The van der Waals surface area contributed by atoms with E-state index in [1.807, 2.05) is 31.3 Å². The van der Waals surface area contributed by atoms with E-state index >= 15 is 0 Å². The molecule has 0 aliphatic carbocycles. The van der Waals surface area contributed by atoms with Crippen LogP contribution in [0.5, 0.6) is 0 Å². The summed E-state index contributed by atoms with van der Waals surface area (Å²) in [5.74, 6) is 1.38. The van der Waals surface area contributed by atoms with Crippen molar-refractivity contribution in [3.05, 3.63) is 57.5 Å². The molecular weight excluding hydrogens is 330 g/mol. The largest absolute Gasteiger partial charge is 0.356 e. The Morgan fingerprint density at radius 2 is 2.00 bits per heavy atom. The summed E-state index contributed by atoms with van der Waals surface area (Å²) in [6, 6.07) is 8.01. The Morgan fingerprint density at radius 1 is 1.23 bits per heavy atom. The Kier molecular flexibility index (Phi) is 5.16. The molecule has 0 bridgehead atoms. The van der Waals surface area contributed by atoms with E-state index in [9.17, 15) is 9.59 Å². The lowest BCUT2D eigenvalue weighted by atomic mass is 10.1. The first kappa shape index (κ1) is 17.8. The van der Waals surface area contributed by atoms with Gasteiger partial charge in [-0.05, 0) is 32.4 Å². The molecule has 0 saturated heterocycles. The maximum atomic E-state index is 12.1. The number of fused-ring (bicyclic) bond motifs is 1. The molecule has 0 atom stereocenters. The number of aryl methyl sites for hydroxylation is 4. The summed E-state index contributed by atoms with van der Waals surface area (Å²) in [6.07, 6.45) is 1.60. The molecule has 0 aliphatic heterocycles. The van der Waals surface area contributed by atoms with Crippen molar-refractivity contribution in [2.24, 2.45) is 7.05 Å². The molecule has 0 aliphatic rings. The van der Waals surface area contributed by atoms with Crippen LogP contribution in [-0.2, 0) is 24.7 Å². The van der Waals surface area contributed by atoms with E-state index in [1.165, 1.54) is 0 Å². The minimum atomic E-state index is -0.246. The summed E-state index contributed by atoms with van der Waals surface area (Å²) in [4.78, 5) is 35.5. The van der Waals surface area contributed by atoms with Crippen molar-refractivity contribution >= 4 is 16.9 Å². The van der Waals surface area contributed by atoms with Crippen molar-refractivity contribution < 1.29 is 4.79 Å². The summed E-state index contributed by atoms with van der Waals surface area (Å²) < 4.78 is 2.08. The fraction of sp³-hybridized carbons (Fsp3) is 0.368. The van der Waals surface area contributed by atoms with Crippen molar-refractivity contribution in [3.63, 3.8) is 0 Å². The Balaban J connectivity index is 1.53. The van der Waals surface area contributed by atoms with Gasteiger partial charge in [-0.2, -0.15) is 0 Å². The first-order valence-electron chi connectivity index (χ1n) is 8.69.